The fourth-order valence-corrected chi connectivity index (χ4v) is 0.667. The van der Waals surface area contributed by atoms with Crippen LogP contribution in [-0.2, 0) is 14.3 Å². The molecule has 0 aliphatic rings. The molecule has 0 N–H and O–H groups in total. The maximum atomic E-state index is 11.0. The quantitative estimate of drug-likeness (QED) is 0.375. The summed E-state index contributed by atoms with van der Waals surface area (Å²) in [5, 5.41) is 16.8. The van der Waals surface area contributed by atoms with Crippen LogP contribution in [0.15, 0.2) is 24.3 Å². The number of carbonyl (C=O) groups is 1. The molecule has 0 rings (SSSR count). The van der Waals surface area contributed by atoms with Gasteiger partial charge >= 0.3 is 5.97 Å². The van der Waals surface area contributed by atoms with Crippen LogP contribution >= 0.6 is 0 Å². The normalized spacial score (nSPS) is 10.6. The summed E-state index contributed by atoms with van der Waals surface area (Å²) in [5.74, 6) is -0.828. The van der Waals surface area contributed by atoms with Crippen molar-refractivity contribution >= 4 is 5.97 Å². The Morgan fingerprint density at radius 1 is 1.40 bits per heavy atom. The smallest absolute Gasteiger partial charge is 0.348 e. The molecule has 0 spiro atoms. The van der Waals surface area contributed by atoms with Crippen molar-refractivity contribution < 1.29 is 14.3 Å². The van der Waals surface area contributed by atoms with E-state index in [4.69, 9.17) is 15.3 Å². The van der Waals surface area contributed by atoms with E-state index in [0.29, 0.717) is 0 Å². The highest BCUT2D eigenvalue weighted by Gasteiger charge is 2.15. The number of ether oxygens (including phenoxy) is 2. The molecule has 1 atom stereocenters. The van der Waals surface area contributed by atoms with Gasteiger partial charge in [0.05, 0.1) is 11.6 Å². The van der Waals surface area contributed by atoms with E-state index in [1.165, 1.54) is 7.11 Å². The number of nitrogens with zero attached hydrogens (tertiary/aromatic N) is 2. The van der Waals surface area contributed by atoms with Crippen molar-refractivity contribution in [2.45, 2.75) is 6.10 Å². The van der Waals surface area contributed by atoms with Crippen LogP contribution in [0.3, 0.4) is 0 Å². The molecule has 0 saturated carbocycles. The van der Waals surface area contributed by atoms with Crippen molar-refractivity contribution in [1.29, 1.82) is 10.5 Å². The predicted molar refractivity (Wildman–Crippen MR) is 51.3 cm³/mol. The highest BCUT2D eigenvalue weighted by Crippen LogP contribution is 2.04. The molecule has 0 amide bonds. The van der Waals surface area contributed by atoms with Gasteiger partial charge in [-0.3, -0.25) is 0 Å². The second kappa shape index (κ2) is 6.36. The molecule has 0 fully saturated rings. The van der Waals surface area contributed by atoms with E-state index in [1.54, 1.807) is 12.1 Å². The molecule has 0 bridgehead atoms. The Balaban J connectivity index is 4.21. The van der Waals surface area contributed by atoms with Gasteiger partial charge in [-0.25, -0.2) is 4.79 Å². The third-order valence-corrected chi connectivity index (χ3v) is 1.56. The summed E-state index contributed by atoms with van der Waals surface area (Å²) in [6.07, 6.45) is -0.689. The lowest BCUT2D eigenvalue weighted by Crippen LogP contribution is -2.22. The molecule has 1 unspecified atom stereocenters. The highest BCUT2D eigenvalue weighted by molar-refractivity contribution is 5.91. The van der Waals surface area contributed by atoms with Crippen LogP contribution in [0.1, 0.15) is 0 Å². The van der Waals surface area contributed by atoms with Crippen LogP contribution < -0.4 is 0 Å². The van der Waals surface area contributed by atoms with Crippen molar-refractivity contribution in [2.24, 2.45) is 0 Å². The third kappa shape index (κ3) is 4.08. The zero-order valence-electron chi connectivity index (χ0n) is 8.32. The lowest BCUT2D eigenvalue weighted by molar-refractivity contribution is -0.141. The van der Waals surface area contributed by atoms with Gasteiger partial charge in [0.15, 0.2) is 0 Å². The Bertz CT molecular complexity index is 360. The largest absolute Gasteiger partial charge is 0.458 e. The van der Waals surface area contributed by atoms with Crippen molar-refractivity contribution in [3.05, 3.63) is 24.3 Å². The molecule has 0 aromatic heterocycles. The summed E-state index contributed by atoms with van der Waals surface area (Å²) in [6, 6.07) is 3.34. The maximum absolute atomic E-state index is 11.0. The predicted octanol–water partition coefficient (Wildman–Crippen LogP) is 0.704. The fraction of sp³-hybridized carbons (Fsp3) is 0.300. The van der Waals surface area contributed by atoms with Gasteiger partial charge in [0.1, 0.15) is 24.4 Å². The summed E-state index contributed by atoms with van der Waals surface area (Å²) in [6.45, 7) is 6.44. The molecule has 5 heteroatoms. The molecule has 0 aliphatic carbocycles. The lowest BCUT2D eigenvalue weighted by Gasteiger charge is -2.12. The summed E-state index contributed by atoms with van der Waals surface area (Å²) in [7, 11) is 1.36. The first kappa shape index (κ1) is 12.9. The third-order valence-electron chi connectivity index (χ3n) is 1.56. The average molecular weight is 206 g/mol. The van der Waals surface area contributed by atoms with Crippen molar-refractivity contribution in [2.75, 3.05) is 13.7 Å². The molecule has 15 heavy (non-hydrogen) atoms. The van der Waals surface area contributed by atoms with Crippen LogP contribution in [0.5, 0.6) is 0 Å². The van der Waals surface area contributed by atoms with Gasteiger partial charge in [-0.15, -0.1) is 0 Å². The molecule has 0 saturated heterocycles. The Kier molecular flexibility index (Phi) is 5.47. The Hall–Kier alpha value is -2.11. The number of esters is 1. The summed E-state index contributed by atoms with van der Waals surface area (Å²) in [5.41, 5.74) is -0.153. The highest BCUT2D eigenvalue weighted by atomic mass is 16.6. The standard InChI is InChI=1S/C10H10N2O3/c1-7(4-11)9(14-3)6-15-10(13)8(2)5-12/h9H,1-2,6H2,3H3. The minimum Gasteiger partial charge on any atom is -0.458 e. The molecule has 0 aliphatic heterocycles. The zero-order valence-corrected chi connectivity index (χ0v) is 8.32. The first-order chi connectivity index (χ1) is 7.06. The zero-order chi connectivity index (χ0) is 11.8. The first-order valence-electron chi connectivity index (χ1n) is 3.94. The van der Waals surface area contributed by atoms with E-state index in [-0.39, 0.29) is 17.8 Å². The minimum absolute atomic E-state index is 0.146. The summed E-state index contributed by atoms with van der Waals surface area (Å²) in [4.78, 5) is 11.0. The molecular formula is C10H10N2O3. The molecule has 78 valence electrons. The van der Waals surface area contributed by atoms with Gasteiger partial charge < -0.3 is 9.47 Å². The van der Waals surface area contributed by atoms with Gasteiger partial charge in [-0.1, -0.05) is 13.2 Å². The number of nitriles is 2. The molecule has 0 aromatic rings. The number of carbonyl (C=O) groups excluding carboxylic acids is 1. The summed E-state index contributed by atoms with van der Waals surface area (Å²) >= 11 is 0. The van der Waals surface area contributed by atoms with E-state index in [0.717, 1.165) is 0 Å². The lowest BCUT2D eigenvalue weighted by atomic mass is 10.2. The Morgan fingerprint density at radius 3 is 2.40 bits per heavy atom. The average Bonchev–Trinajstić information content (AvgIpc) is 2.27. The Morgan fingerprint density at radius 2 is 2.00 bits per heavy atom. The van der Waals surface area contributed by atoms with Crippen molar-refractivity contribution in [3.8, 4) is 12.1 Å². The Labute approximate surface area is 87.8 Å². The molecule has 0 heterocycles. The topological polar surface area (TPSA) is 83.1 Å². The second-order valence-corrected chi connectivity index (χ2v) is 2.55. The van der Waals surface area contributed by atoms with E-state index in [1.807, 2.05) is 0 Å². The van der Waals surface area contributed by atoms with Gasteiger partial charge in [-0.05, 0) is 0 Å². The van der Waals surface area contributed by atoms with Crippen molar-refractivity contribution in [1.82, 2.24) is 0 Å². The van der Waals surface area contributed by atoms with E-state index in [2.05, 4.69) is 17.9 Å². The summed E-state index contributed by atoms with van der Waals surface area (Å²) < 4.78 is 9.53. The number of rotatable bonds is 5. The van der Waals surface area contributed by atoms with Gasteiger partial charge in [0, 0.05) is 7.11 Å². The van der Waals surface area contributed by atoms with Gasteiger partial charge in [-0.2, -0.15) is 10.5 Å². The second-order valence-electron chi connectivity index (χ2n) is 2.55. The number of methoxy groups -OCH3 is 1. The van der Waals surface area contributed by atoms with Crippen LogP contribution in [-0.4, -0.2) is 25.8 Å². The van der Waals surface area contributed by atoms with E-state index >= 15 is 0 Å². The minimum atomic E-state index is -0.828. The van der Waals surface area contributed by atoms with Crippen LogP contribution in [0.4, 0.5) is 0 Å². The van der Waals surface area contributed by atoms with Gasteiger partial charge in [0.2, 0.25) is 0 Å². The van der Waals surface area contributed by atoms with Crippen LogP contribution in [0, 0.1) is 22.7 Å². The SMILES string of the molecule is C=C(C#N)C(=O)OCC(OC)C(=C)C#N. The van der Waals surface area contributed by atoms with E-state index < -0.39 is 12.1 Å². The number of hydrogen-bond donors (Lipinski definition) is 0. The number of hydrogen-bond acceptors (Lipinski definition) is 5. The maximum Gasteiger partial charge on any atom is 0.348 e. The first-order valence-corrected chi connectivity index (χ1v) is 3.94. The van der Waals surface area contributed by atoms with Crippen LogP contribution in [0.25, 0.3) is 0 Å². The fourth-order valence-electron chi connectivity index (χ4n) is 0.667. The molecule has 0 aromatic carbocycles. The molecular weight excluding hydrogens is 196 g/mol. The molecule has 0 radical (unpaired) electrons. The monoisotopic (exact) mass is 206 g/mol. The van der Waals surface area contributed by atoms with Crippen molar-refractivity contribution in [3.63, 3.8) is 0 Å². The molecule has 5 nitrogen and oxygen atoms in total. The van der Waals surface area contributed by atoms with E-state index in [9.17, 15) is 4.79 Å². The van der Waals surface area contributed by atoms with Crippen LogP contribution in [0.2, 0.25) is 0 Å². The van der Waals surface area contributed by atoms with Gasteiger partial charge in [0.25, 0.3) is 0 Å².